The van der Waals surface area contributed by atoms with Gasteiger partial charge in [-0.15, -0.1) is 0 Å². The van der Waals surface area contributed by atoms with Crippen molar-refractivity contribution in [2.75, 3.05) is 19.3 Å². The molecule has 1 aliphatic rings. The average Bonchev–Trinajstić information content (AvgIpc) is 2.81. The van der Waals surface area contributed by atoms with E-state index < -0.39 is 16.1 Å². The molecule has 2 heterocycles. The van der Waals surface area contributed by atoms with Gasteiger partial charge in [-0.3, -0.25) is 0 Å². The van der Waals surface area contributed by atoms with Gasteiger partial charge in [0.1, 0.15) is 0 Å². The molecule has 0 spiro atoms. The van der Waals surface area contributed by atoms with E-state index in [-0.39, 0.29) is 12.5 Å². The molecule has 1 aromatic heterocycles. The highest BCUT2D eigenvalue weighted by Crippen LogP contribution is 2.33. The minimum Gasteiger partial charge on any atom is -0.391 e. The van der Waals surface area contributed by atoms with Gasteiger partial charge in [0.15, 0.2) is 0 Å². The van der Waals surface area contributed by atoms with Crippen molar-refractivity contribution < 1.29 is 13.5 Å². The van der Waals surface area contributed by atoms with E-state index >= 15 is 0 Å². The molecule has 0 radical (unpaired) electrons. The van der Waals surface area contributed by atoms with Gasteiger partial charge in [0.05, 0.1) is 12.4 Å². The quantitative estimate of drug-likeness (QED) is 0.876. The Morgan fingerprint density at radius 3 is 2.80 bits per heavy atom. The number of hydrogen-bond donors (Lipinski definition) is 2. The first-order valence-corrected chi connectivity index (χ1v) is 8.51. The number of nitrogens with zero attached hydrogens (tertiary/aromatic N) is 1. The number of aliphatic hydroxyl groups excluding tert-OH is 1. The summed E-state index contributed by atoms with van der Waals surface area (Å²) in [5, 5.41) is 11.4. The van der Waals surface area contributed by atoms with Crippen molar-refractivity contribution in [3.63, 3.8) is 0 Å². The van der Waals surface area contributed by atoms with Crippen LogP contribution in [0.2, 0.25) is 0 Å². The number of sulfonamides is 1. The number of hydrogen-bond acceptors (Lipinski definition) is 3. The molecule has 2 N–H and O–H groups in total. The third-order valence-corrected chi connectivity index (χ3v) is 5.30. The lowest BCUT2D eigenvalue weighted by molar-refractivity contribution is 0.0862. The molecule has 1 aliphatic heterocycles. The second-order valence-electron chi connectivity index (χ2n) is 5.37. The first-order valence-electron chi connectivity index (χ1n) is 6.66. The van der Waals surface area contributed by atoms with Gasteiger partial charge in [-0.05, 0) is 18.1 Å². The van der Waals surface area contributed by atoms with Crippen LogP contribution in [-0.2, 0) is 10.0 Å². The van der Waals surface area contributed by atoms with Crippen molar-refractivity contribution >= 4 is 20.9 Å². The summed E-state index contributed by atoms with van der Waals surface area (Å²) < 4.78 is 24.4. The van der Waals surface area contributed by atoms with E-state index in [0.29, 0.717) is 13.0 Å². The lowest BCUT2D eigenvalue weighted by atomic mass is 9.88. The van der Waals surface area contributed by atoms with Crippen LogP contribution >= 0.6 is 0 Å². The second-order valence-corrected chi connectivity index (χ2v) is 7.36. The Kier molecular flexibility index (Phi) is 3.32. The smallest absolute Gasteiger partial charge is 0.211 e. The number of piperidine rings is 1. The predicted octanol–water partition coefficient (Wildman–Crippen LogP) is 1.28. The highest BCUT2D eigenvalue weighted by molar-refractivity contribution is 7.88. The lowest BCUT2D eigenvalue weighted by Gasteiger charge is -2.34. The minimum absolute atomic E-state index is 0.0239. The molecule has 1 fully saturated rings. The zero-order valence-electron chi connectivity index (χ0n) is 11.3. The van der Waals surface area contributed by atoms with Crippen molar-refractivity contribution in [2.45, 2.75) is 18.4 Å². The molecule has 20 heavy (non-hydrogen) atoms. The van der Waals surface area contributed by atoms with Crippen LogP contribution in [0, 0.1) is 0 Å². The van der Waals surface area contributed by atoms with Gasteiger partial charge >= 0.3 is 0 Å². The third-order valence-electron chi connectivity index (χ3n) is 4.03. The Balaban J connectivity index is 1.89. The molecule has 2 aromatic rings. The first kappa shape index (κ1) is 13.6. The van der Waals surface area contributed by atoms with Gasteiger partial charge in [0, 0.05) is 36.1 Å². The molecule has 2 atom stereocenters. The van der Waals surface area contributed by atoms with Gasteiger partial charge in [0.2, 0.25) is 10.0 Å². The summed E-state index contributed by atoms with van der Waals surface area (Å²) in [6.45, 7) is 0.628. The summed E-state index contributed by atoms with van der Waals surface area (Å²) >= 11 is 0. The van der Waals surface area contributed by atoms with E-state index in [1.807, 2.05) is 30.5 Å². The fourth-order valence-corrected chi connectivity index (χ4v) is 3.83. The van der Waals surface area contributed by atoms with E-state index in [1.165, 1.54) is 10.6 Å². The highest BCUT2D eigenvalue weighted by atomic mass is 32.2. The van der Waals surface area contributed by atoms with E-state index in [1.54, 1.807) is 0 Å². The Bertz CT molecular complexity index is 723. The van der Waals surface area contributed by atoms with Crippen molar-refractivity contribution in [1.82, 2.24) is 9.29 Å². The molecule has 1 aromatic carbocycles. The number of H-pyrrole nitrogens is 1. The summed E-state index contributed by atoms with van der Waals surface area (Å²) in [5.41, 5.74) is 2.11. The number of rotatable bonds is 2. The second kappa shape index (κ2) is 4.87. The summed E-state index contributed by atoms with van der Waals surface area (Å²) in [5.74, 6) is -0.0239. The van der Waals surface area contributed by atoms with E-state index in [9.17, 15) is 13.5 Å². The van der Waals surface area contributed by atoms with Gasteiger partial charge in [-0.2, -0.15) is 4.31 Å². The number of fused-ring (bicyclic) bond motifs is 1. The standard InChI is InChI=1S/C14H18N2O3S/c1-20(18,19)16-7-6-11(14(17)9-16)12-8-15-13-5-3-2-4-10(12)13/h2-5,8,11,14-15,17H,6-7,9H2,1H3. The number of aromatic nitrogens is 1. The Morgan fingerprint density at radius 1 is 1.35 bits per heavy atom. The van der Waals surface area contributed by atoms with Crippen LogP contribution in [0.4, 0.5) is 0 Å². The summed E-state index contributed by atoms with van der Waals surface area (Å²) in [4.78, 5) is 3.20. The molecule has 1 saturated heterocycles. The zero-order valence-corrected chi connectivity index (χ0v) is 12.1. The third kappa shape index (κ3) is 2.34. The predicted molar refractivity (Wildman–Crippen MR) is 78.1 cm³/mol. The molecule has 3 rings (SSSR count). The molecule has 0 bridgehead atoms. The largest absolute Gasteiger partial charge is 0.391 e. The number of aromatic amines is 1. The van der Waals surface area contributed by atoms with Crippen molar-refractivity contribution in [1.29, 1.82) is 0 Å². The monoisotopic (exact) mass is 294 g/mol. The fraction of sp³-hybridized carbons (Fsp3) is 0.429. The number of nitrogens with one attached hydrogen (secondary N) is 1. The number of β-amino-alcohol motifs (C(OH)–C–C–N with tert-alkyl or cyclic N) is 1. The summed E-state index contributed by atoms with van der Waals surface area (Å²) in [7, 11) is -3.23. The summed E-state index contributed by atoms with van der Waals surface area (Å²) in [6, 6.07) is 7.96. The molecule has 0 saturated carbocycles. The molecular formula is C14H18N2O3S. The zero-order chi connectivity index (χ0) is 14.3. The fourth-order valence-electron chi connectivity index (χ4n) is 2.97. The van der Waals surface area contributed by atoms with Gasteiger partial charge in [-0.1, -0.05) is 18.2 Å². The van der Waals surface area contributed by atoms with Crippen LogP contribution in [0.25, 0.3) is 10.9 Å². The molecule has 0 amide bonds. The number of benzene rings is 1. The maximum atomic E-state index is 11.5. The molecule has 2 unspecified atom stereocenters. The molecule has 0 aliphatic carbocycles. The van der Waals surface area contributed by atoms with Gasteiger partial charge in [0.25, 0.3) is 0 Å². The van der Waals surface area contributed by atoms with Crippen LogP contribution in [0.15, 0.2) is 30.5 Å². The topological polar surface area (TPSA) is 73.4 Å². The van der Waals surface area contributed by atoms with E-state index in [2.05, 4.69) is 4.98 Å². The van der Waals surface area contributed by atoms with E-state index in [0.717, 1.165) is 16.5 Å². The van der Waals surface area contributed by atoms with Crippen LogP contribution in [0.3, 0.4) is 0 Å². The van der Waals surface area contributed by atoms with Crippen molar-refractivity contribution in [3.05, 3.63) is 36.0 Å². The Hall–Kier alpha value is -1.37. The number of para-hydroxylation sites is 1. The van der Waals surface area contributed by atoms with Gasteiger partial charge in [-0.25, -0.2) is 8.42 Å². The lowest BCUT2D eigenvalue weighted by Crippen LogP contribution is -2.45. The Labute approximate surface area is 118 Å². The molecule has 6 heteroatoms. The van der Waals surface area contributed by atoms with Gasteiger partial charge < -0.3 is 10.1 Å². The Morgan fingerprint density at radius 2 is 2.10 bits per heavy atom. The number of aliphatic hydroxyl groups is 1. The highest BCUT2D eigenvalue weighted by Gasteiger charge is 2.33. The van der Waals surface area contributed by atoms with Crippen LogP contribution in [0.1, 0.15) is 17.9 Å². The molecule has 5 nitrogen and oxygen atoms in total. The summed E-state index contributed by atoms with van der Waals surface area (Å²) in [6.07, 6.45) is 3.08. The van der Waals surface area contributed by atoms with Crippen molar-refractivity contribution in [3.8, 4) is 0 Å². The first-order chi connectivity index (χ1) is 9.47. The molecule has 108 valence electrons. The minimum atomic E-state index is -3.23. The van der Waals surface area contributed by atoms with Crippen molar-refractivity contribution in [2.24, 2.45) is 0 Å². The maximum absolute atomic E-state index is 11.5. The normalized spacial score (nSPS) is 25.1. The molecular weight excluding hydrogens is 276 g/mol. The maximum Gasteiger partial charge on any atom is 0.211 e. The average molecular weight is 294 g/mol. The van der Waals surface area contributed by atoms with E-state index in [4.69, 9.17) is 0 Å². The van der Waals surface area contributed by atoms with Crippen LogP contribution < -0.4 is 0 Å². The van der Waals surface area contributed by atoms with Crippen LogP contribution in [0.5, 0.6) is 0 Å². The SMILES string of the molecule is CS(=O)(=O)N1CCC(c2c[nH]c3ccccc23)C(O)C1. The van der Waals surface area contributed by atoms with Crippen LogP contribution in [-0.4, -0.2) is 48.3 Å².